The quantitative estimate of drug-likeness (QED) is 0.901. The summed E-state index contributed by atoms with van der Waals surface area (Å²) < 4.78 is 1.00. The first-order valence-electron chi connectivity index (χ1n) is 6.20. The summed E-state index contributed by atoms with van der Waals surface area (Å²) in [4.78, 5) is 20.0. The molecule has 104 valence electrons. The van der Waals surface area contributed by atoms with Crippen molar-refractivity contribution in [2.45, 2.75) is 19.9 Å². The van der Waals surface area contributed by atoms with Gasteiger partial charge in [-0.05, 0) is 38.1 Å². The van der Waals surface area contributed by atoms with E-state index in [0.29, 0.717) is 11.5 Å². The molecule has 5 nitrogen and oxygen atoms in total. The molecule has 2 N–H and O–H groups in total. The van der Waals surface area contributed by atoms with Crippen LogP contribution in [0.3, 0.4) is 0 Å². The summed E-state index contributed by atoms with van der Waals surface area (Å²) >= 11 is 3.38. The maximum Gasteiger partial charge on any atom is 0.270 e. The highest BCUT2D eigenvalue weighted by atomic mass is 79.9. The normalized spacial score (nSPS) is 10.4. The predicted molar refractivity (Wildman–Crippen MR) is 82.1 cm³/mol. The fraction of sp³-hybridized carbons (Fsp3) is 0.214. The van der Waals surface area contributed by atoms with Gasteiger partial charge in [0.25, 0.3) is 5.91 Å². The zero-order chi connectivity index (χ0) is 14.5. The first-order chi connectivity index (χ1) is 9.54. The molecule has 2 aromatic rings. The van der Waals surface area contributed by atoms with Crippen LogP contribution < -0.4 is 10.6 Å². The summed E-state index contributed by atoms with van der Waals surface area (Å²) in [5.74, 6) is 0.373. The molecule has 2 rings (SSSR count). The Kier molecular flexibility index (Phi) is 4.68. The molecule has 0 saturated heterocycles. The van der Waals surface area contributed by atoms with E-state index in [0.717, 1.165) is 10.2 Å². The van der Waals surface area contributed by atoms with Gasteiger partial charge >= 0.3 is 0 Å². The molecule has 1 amide bonds. The van der Waals surface area contributed by atoms with Gasteiger partial charge in [-0.2, -0.15) is 0 Å². The number of anilines is 2. The number of hydrogen-bond acceptors (Lipinski definition) is 4. The smallest absolute Gasteiger partial charge is 0.270 e. The van der Waals surface area contributed by atoms with Crippen molar-refractivity contribution in [1.29, 1.82) is 0 Å². The van der Waals surface area contributed by atoms with E-state index in [2.05, 4.69) is 36.5 Å². The van der Waals surface area contributed by atoms with Crippen LogP contribution in [0.15, 0.2) is 41.1 Å². The van der Waals surface area contributed by atoms with Crippen LogP contribution in [-0.2, 0) is 0 Å². The Hall–Kier alpha value is -1.95. The number of carbonyl (C=O) groups is 1. The van der Waals surface area contributed by atoms with Gasteiger partial charge in [0.15, 0.2) is 0 Å². The SMILES string of the molecule is CC(C)NC(=O)c1cc(Nc2ccc(Br)cc2)ncn1. The van der Waals surface area contributed by atoms with Crippen LogP contribution in [0.25, 0.3) is 0 Å². The molecule has 1 aromatic heterocycles. The lowest BCUT2D eigenvalue weighted by Gasteiger charge is -2.09. The second-order valence-corrected chi connectivity index (χ2v) is 5.46. The number of aromatic nitrogens is 2. The number of carbonyl (C=O) groups excluding carboxylic acids is 1. The lowest BCUT2D eigenvalue weighted by Crippen LogP contribution is -2.30. The molecule has 0 bridgehead atoms. The highest BCUT2D eigenvalue weighted by molar-refractivity contribution is 9.10. The number of nitrogens with zero attached hydrogens (tertiary/aromatic N) is 2. The number of hydrogen-bond donors (Lipinski definition) is 2. The minimum atomic E-state index is -0.207. The summed E-state index contributed by atoms with van der Waals surface area (Å²) in [6, 6.07) is 9.38. The zero-order valence-electron chi connectivity index (χ0n) is 11.2. The van der Waals surface area contributed by atoms with Gasteiger partial charge in [0.05, 0.1) is 0 Å². The summed E-state index contributed by atoms with van der Waals surface area (Å²) in [6.07, 6.45) is 1.37. The minimum Gasteiger partial charge on any atom is -0.349 e. The summed E-state index contributed by atoms with van der Waals surface area (Å²) in [5.41, 5.74) is 1.23. The molecule has 0 aliphatic heterocycles. The number of nitrogens with one attached hydrogen (secondary N) is 2. The average Bonchev–Trinajstić information content (AvgIpc) is 2.41. The van der Waals surface area contributed by atoms with Crippen LogP contribution in [0.4, 0.5) is 11.5 Å². The van der Waals surface area contributed by atoms with E-state index in [-0.39, 0.29) is 11.9 Å². The molecule has 0 aliphatic rings. The minimum absolute atomic E-state index is 0.0698. The van der Waals surface area contributed by atoms with Crippen molar-refractivity contribution in [3.8, 4) is 0 Å². The third-order valence-corrected chi connectivity index (χ3v) is 2.96. The van der Waals surface area contributed by atoms with Crippen molar-refractivity contribution < 1.29 is 4.79 Å². The number of halogens is 1. The standard InChI is InChI=1S/C14H15BrN4O/c1-9(2)18-14(20)12-7-13(17-8-16-12)19-11-5-3-10(15)4-6-11/h3-9H,1-2H3,(H,18,20)(H,16,17,19). The Bertz CT molecular complexity index is 598. The van der Waals surface area contributed by atoms with Crippen LogP contribution in [0.1, 0.15) is 24.3 Å². The average molecular weight is 335 g/mol. The molecule has 20 heavy (non-hydrogen) atoms. The fourth-order valence-corrected chi connectivity index (χ4v) is 1.83. The predicted octanol–water partition coefficient (Wildman–Crippen LogP) is 3.12. The van der Waals surface area contributed by atoms with Gasteiger partial charge in [-0.3, -0.25) is 4.79 Å². The third-order valence-electron chi connectivity index (χ3n) is 2.44. The maximum absolute atomic E-state index is 11.9. The number of amides is 1. The topological polar surface area (TPSA) is 66.9 Å². The van der Waals surface area contributed by atoms with Crippen LogP contribution in [0.2, 0.25) is 0 Å². The molecule has 1 aromatic carbocycles. The Morgan fingerprint density at radius 2 is 1.90 bits per heavy atom. The van der Waals surface area contributed by atoms with Crippen molar-refractivity contribution in [2.24, 2.45) is 0 Å². The summed E-state index contributed by atoms with van der Waals surface area (Å²) in [7, 11) is 0. The molecule has 0 saturated carbocycles. The highest BCUT2D eigenvalue weighted by Gasteiger charge is 2.09. The molecule has 0 radical (unpaired) electrons. The van der Waals surface area contributed by atoms with Crippen molar-refractivity contribution in [3.05, 3.63) is 46.8 Å². The fourth-order valence-electron chi connectivity index (χ4n) is 1.57. The van der Waals surface area contributed by atoms with Gasteiger partial charge in [0, 0.05) is 22.3 Å². The molecule has 6 heteroatoms. The van der Waals surface area contributed by atoms with Crippen LogP contribution >= 0.6 is 15.9 Å². The van der Waals surface area contributed by atoms with Crippen LogP contribution in [0, 0.1) is 0 Å². The summed E-state index contributed by atoms with van der Waals surface area (Å²) in [6.45, 7) is 3.81. The maximum atomic E-state index is 11.9. The molecule has 0 aliphatic carbocycles. The monoisotopic (exact) mass is 334 g/mol. The van der Waals surface area contributed by atoms with Gasteiger partial charge in [-0.15, -0.1) is 0 Å². The molecule has 1 heterocycles. The van der Waals surface area contributed by atoms with Gasteiger partial charge in [0.2, 0.25) is 0 Å². The van der Waals surface area contributed by atoms with Gasteiger partial charge in [0.1, 0.15) is 17.8 Å². The van der Waals surface area contributed by atoms with Crippen molar-refractivity contribution in [3.63, 3.8) is 0 Å². The second kappa shape index (κ2) is 6.47. The third kappa shape index (κ3) is 4.03. The molecular weight excluding hydrogens is 320 g/mol. The largest absolute Gasteiger partial charge is 0.349 e. The van der Waals surface area contributed by atoms with Gasteiger partial charge < -0.3 is 10.6 Å². The van der Waals surface area contributed by atoms with Crippen molar-refractivity contribution >= 4 is 33.3 Å². The van der Waals surface area contributed by atoms with Crippen molar-refractivity contribution in [2.75, 3.05) is 5.32 Å². The zero-order valence-corrected chi connectivity index (χ0v) is 12.8. The Balaban J connectivity index is 2.13. The highest BCUT2D eigenvalue weighted by Crippen LogP contribution is 2.17. The van der Waals surface area contributed by atoms with E-state index in [1.165, 1.54) is 6.33 Å². The molecular formula is C14H15BrN4O. The Morgan fingerprint density at radius 1 is 1.20 bits per heavy atom. The van der Waals surface area contributed by atoms with E-state index >= 15 is 0 Å². The van der Waals surface area contributed by atoms with Gasteiger partial charge in [-0.25, -0.2) is 9.97 Å². The lowest BCUT2D eigenvalue weighted by atomic mass is 10.3. The molecule has 0 atom stereocenters. The first-order valence-corrected chi connectivity index (χ1v) is 6.99. The number of rotatable bonds is 4. The van der Waals surface area contributed by atoms with Crippen molar-refractivity contribution in [1.82, 2.24) is 15.3 Å². The van der Waals surface area contributed by atoms with Gasteiger partial charge in [-0.1, -0.05) is 15.9 Å². The van der Waals surface area contributed by atoms with E-state index < -0.39 is 0 Å². The Morgan fingerprint density at radius 3 is 2.55 bits per heavy atom. The van der Waals surface area contributed by atoms with E-state index in [9.17, 15) is 4.79 Å². The van der Waals surface area contributed by atoms with E-state index in [1.807, 2.05) is 38.1 Å². The molecule has 0 spiro atoms. The Labute approximate surface area is 126 Å². The number of benzene rings is 1. The molecule has 0 fully saturated rings. The second-order valence-electron chi connectivity index (χ2n) is 4.55. The van der Waals surface area contributed by atoms with Crippen LogP contribution in [-0.4, -0.2) is 21.9 Å². The van der Waals surface area contributed by atoms with E-state index in [4.69, 9.17) is 0 Å². The van der Waals surface area contributed by atoms with Crippen LogP contribution in [0.5, 0.6) is 0 Å². The first kappa shape index (κ1) is 14.5. The lowest BCUT2D eigenvalue weighted by molar-refractivity contribution is 0.0938. The van der Waals surface area contributed by atoms with E-state index in [1.54, 1.807) is 6.07 Å². The molecule has 0 unspecified atom stereocenters. The summed E-state index contributed by atoms with van der Waals surface area (Å²) in [5, 5.41) is 5.92.